The van der Waals surface area contributed by atoms with Crippen molar-refractivity contribution in [3.63, 3.8) is 0 Å². The van der Waals surface area contributed by atoms with Crippen LogP contribution >= 0.6 is 0 Å². The van der Waals surface area contributed by atoms with Gasteiger partial charge in [-0.25, -0.2) is 4.98 Å². The van der Waals surface area contributed by atoms with E-state index >= 15 is 0 Å². The molecular weight excluding hydrogens is 232 g/mol. The van der Waals surface area contributed by atoms with Crippen molar-refractivity contribution in [3.8, 4) is 0 Å². The van der Waals surface area contributed by atoms with Crippen LogP contribution in [0.4, 0.5) is 0 Å². The second kappa shape index (κ2) is 5.44. The van der Waals surface area contributed by atoms with E-state index in [2.05, 4.69) is 25.7 Å². The molecule has 1 unspecified atom stereocenters. The fraction of sp³-hybridized carbons (Fsp3) is 0.455. The number of H-pyrrole nitrogens is 1. The van der Waals surface area contributed by atoms with Crippen LogP contribution < -0.4 is 5.32 Å². The van der Waals surface area contributed by atoms with E-state index in [9.17, 15) is 4.79 Å². The van der Waals surface area contributed by atoms with Crippen LogP contribution in [0.3, 0.4) is 0 Å². The molecule has 1 atom stereocenters. The third-order valence-corrected chi connectivity index (χ3v) is 2.80. The summed E-state index contributed by atoms with van der Waals surface area (Å²) in [4.78, 5) is 16.0. The Morgan fingerprint density at radius 3 is 3.06 bits per heavy atom. The highest BCUT2D eigenvalue weighted by atomic mass is 16.2. The lowest BCUT2D eigenvalue weighted by Crippen LogP contribution is -2.32. The number of carbonyl (C=O) groups excluding carboxylic acids is 1. The maximum atomic E-state index is 11.9. The number of nitrogens with one attached hydrogen (secondary N) is 2. The van der Waals surface area contributed by atoms with Crippen molar-refractivity contribution in [2.75, 3.05) is 6.54 Å². The standard InChI is InChI=1S/C11H16N6O/c1-8(17-6-5-12-9(17)2)11(18)13-4-3-10-7-14-16-15-10/h5-8H,3-4H2,1-2H3,(H,13,18)(H,14,15,16). The van der Waals surface area contributed by atoms with Crippen molar-refractivity contribution >= 4 is 5.91 Å². The van der Waals surface area contributed by atoms with E-state index < -0.39 is 0 Å². The number of aromatic amines is 1. The maximum absolute atomic E-state index is 11.9. The number of amides is 1. The first-order valence-electron chi connectivity index (χ1n) is 5.80. The van der Waals surface area contributed by atoms with Gasteiger partial charge in [0.1, 0.15) is 11.9 Å². The summed E-state index contributed by atoms with van der Waals surface area (Å²) in [6.45, 7) is 4.27. The van der Waals surface area contributed by atoms with Gasteiger partial charge in [0, 0.05) is 25.4 Å². The Hall–Kier alpha value is -2.18. The maximum Gasteiger partial charge on any atom is 0.242 e. The molecule has 0 aliphatic rings. The Balaban J connectivity index is 1.83. The van der Waals surface area contributed by atoms with Gasteiger partial charge >= 0.3 is 0 Å². The lowest BCUT2D eigenvalue weighted by Gasteiger charge is -2.14. The van der Waals surface area contributed by atoms with Crippen molar-refractivity contribution < 1.29 is 4.79 Å². The van der Waals surface area contributed by atoms with Crippen LogP contribution in [0.1, 0.15) is 24.5 Å². The molecule has 0 aromatic carbocycles. The highest BCUT2D eigenvalue weighted by Gasteiger charge is 2.15. The Bertz CT molecular complexity index is 503. The second-order valence-electron chi connectivity index (χ2n) is 4.06. The van der Waals surface area contributed by atoms with E-state index in [-0.39, 0.29) is 11.9 Å². The molecule has 2 rings (SSSR count). The van der Waals surface area contributed by atoms with Gasteiger partial charge < -0.3 is 9.88 Å². The van der Waals surface area contributed by atoms with Crippen LogP contribution in [0.15, 0.2) is 18.6 Å². The topological polar surface area (TPSA) is 88.5 Å². The van der Waals surface area contributed by atoms with Crippen LogP contribution in [0.5, 0.6) is 0 Å². The fourth-order valence-corrected chi connectivity index (χ4v) is 1.73. The number of nitrogens with zero attached hydrogens (tertiary/aromatic N) is 4. The summed E-state index contributed by atoms with van der Waals surface area (Å²) in [6, 6.07) is -0.259. The minimum atomic E-state index is -0.259. The highest BCUT2D eigenvalue weighted by molar-refractivity contribution is 5.79. The number of hydrogen-bond acceptors (Lipinski definition) is 4. The molecule has 0 saturated heterocycles. The largest absolute Gasteiger partial charge is 0.354 e. The molecule has 96 valence electrons. The number of imidazole rings is 1. The Labute approximate surface area is 105 Å². The first kappa shape index (κ1) is 12.3. The van der Waals surface area contributed by atoms with Crippen molar-refractivity contribution in [3.05, 3.63) is 30.1 Å². The predicted molar refractivity (Wildman–Crippen MR) is 64.8 cm³/mol. The third kappa shape index (κ3) is 2.73. The van der Waals surface area contributed by atoms with E-state index in [0.717, 1.165) is 11.5 Å². The Morgan fingerprint density at radius 1 is 1.61 bits per heavy atom. The Kier molecular flexibility index (Phi) is 3.71. The average Bonchev–Trinajstić information content (AvgIpc) is 2.99. The van der Waals surface area contributed by atoms with Crippen molar-refractivity contribution in [2.45, 2.75) is 26.3 Å². The van der Waals surface area contributed by atoms with Gasteiger partial charge in [-0.15, -0.1) is 0 Å². The van der Waals surface area contributed by atoms with Crippen LogP contribution in [0, 0.1) is 6.92 Å². The van der Waals surface area contributed by atoms with Gasteiger partial charge in [-0.2, -0.15) is 15.4 Å². The first-order chi connectivity index (χ1) is 8.68. The zero-order valence-electron chi connectivity index (χ0n) is 10.4. The molecule has 2 aromatic heterocycles. The molecule has 0 aliphatic heterocycles. The molecule has 7 nitrogen and oxygen atoms in total. The van der Waals surface area contributed by atoms with Crippen LogP contribution in [-0.4, -0.2) is 37.4 Å². The van der Waals surface area contributed by atoms with Crippen molar-refractivity contribution in [1.82, 2.24) is 30.3 Å². The Morgan fingerprint density at radius 2 is 2.44 bits per heavy atom. The molecule has 0 aliphatic carbocycles. The molecule has 2 N–H and O–H groups in total. The van der Waals surface area contributed by atoms with Crippen molar-refractivity contribution in [2.24, 2.45) is 0 Å². The minimum Gasteiger partial charge on any atom is -0.354 e. The van der Waals surface area contributed by atoms with Gasteiger partial charge in [-0.3, -0.25) is 4.79 Å². The molecule has 0 radical (unpaired) electrons. The zero-order valence-corrected chi connectivity index (χ0v) is 10.4. The van der Waals surface area contributed by atoms with E-state index in [0.29, 0.717) is 13.0 Å². The predicted octanol–water partition coefficient (Wildman–Crippen LogP) is 0.230. The molecule has 18 heavy (non-hydrogen) atoms. The van der Waals surface area contributed by atoms with E-state index in [1.54, 1.807) is 18.6 Å². The van der Waals surface area contributed by atoms with Crippen molar-refractivity contribution in [1.29, 1.82) is 0 Å². The lowest BCUT2D eigenvalue weighted by molar-refractivity contribution is -0.123. The summed E-state index contributed by atoms with van der Waals surface area (Å²) in [5, 5.41) is 13.0. The van der Waals surface area contributed by atoms with Crippen LogP contribution in [0.25, 0.3) is 0 Å². The van der Waals surface area contributed by atoms with Gasteiger partial charge in [-0.1, -0.05) is 0 Å². The fourth-order valence-electron chi connectivity index (χ4n) is 1.73. The molecule has 1 amide bonds. The zero-order chi connectivity index (χ0) is 13.0. The summed E-state index contributed by atoms with van der Waals surface area (Å²) in [7, 11) is 0. The summed E-state index contributed by atoms with van der Waals surface area (Å²) < 4.78 is 1.84. The molecular formula is C11H16N6O. The summed E-state index contributed by atoms with van der Waals surface area (Å²) in [5.41, 5.74) is 0.835. The molecule has 0 spiro atoms. The normalized spacial score (nSPS) is 12.3. The SMILES string of the molecule is Cc1nccn1C(C)C(=O)NCCc1cn[nH]n1. The summed E-state index contributed by atoms with van der Waals surface area (Å²) >= 11 is 0. The summed E-state index contributed by atoms with van der Waals surface area (Å²) in [5.74, 6) is 0.800. The molecule has 7 heteroatoms. The second-order valence-corrected chi connectivity index (χ2v) is 4.06. The quantitative estimate of drug-likeness (QED) is 0.792. The number of aryl methyl sites for hydroxylation is 1. The van der Waals surface area contributed by atoms with Gasteiger partial charge in [0.05, 0.1) is 11.9 Å². The number of carbonyl (C=O) groups is 1. The number of hydrogen-bond donors (Lipinski definition) is 2. The molecule has 0 saturated carbocycles. The monoisotopic (exact) mass is 248 g/mol. The van der Waals surface area contributed by atoms with E-state index in [1.807, 2.05) is 18.4 Å². The van der Waals surface area contributed by atoms with E-state index in [4.69, 9.17) is 0 Å². The van der Waals surface area contributed by atoms with Crippen LogP contribution in [0.2, 0.25) is 0 Å². The van der Waals surface area contributed by atoms with Gasteiger partial charge in [0.15, 0.2) is 0 Å². The molecule has 0 bridgehead atoms. The molecule has 2 heterocycles. The van der Waals surface area contributed by atoms with Gasteiger partial charge in [0.2, 0.25) is 5.91 Å². The number of rotatable bonds is 5. The van der Waals surface area contributed by atoms with Crippen LogP contribution in [-0.2, 0) is 11.2 Å². The van der Waals surface area contributed by atoms with Gasteiger partial charge in [0.25, 0.3) is 0 Å². The lowest BCUT2D eigenvalue weighted by atomic mass is 10.3. The molecule has 0 fully saturated rings. The minimum absolute atomic E-state index is 0.0282. The van der Waals surface area contributed by atoms with Gasteiger partial charge in [-0.05, 0) is 13.8 Å². The first-order valence-corrected chi connectivity index (χ1v) is 5.80. The third-order valence-electron chi connectivity index (χ3n) is 2.80. The number of aromatic nitrogens is 5. The average molecular weight is 248 g/mol. The molecule has 2 aromatic rings. The highest BCUT2D eigenvalue weighted by Crippen LogP contribution is 2.08. The van der Waals surface area contributed by atoms with E-state index in [1.165, 1.54) is 0 Å². The smallest absolute Gasteiger partial charge is 0.242 e. The summed E-state index contributed by atoms with van der Waals surface area (Å²) in [6.07, 6.45) is 5.80.